The number of amides is 1. The summed E-state index contributed by atoms with van der Waals surface area (Å²) < 4.78 is 28.1. The zero-order valence-corrected chi connectivity index (χ0v) is 15.5. The molecule has 138 valence electrons. The highest BCUT2D eigenvalue weighted by Crippen LogP contribution is 2.29. The lowest BCUT2D eigenvalue weighted by atomic mass is 9.96. The van der Waals surface area contributed by atoms with Crippen molar-refractivity contribution in [2.24, 2.45) is 11.1 Å². The summed E-state index contributed by atoms with van der Waals surface area (Å²) in [5, 5.41) is 8.59. The summed E-state index contributed by atoms with van der Waals surface area (Å²) in [6, 6.07) is 11.7. The number of nitrogens with two attached hydrogens (primary N) is 1. The van der Waals surface area contributed by atoms with Crippen LogP contribution in [0.3, 0.4) is 0 Å². The first-order valence-corrected chi connectivity index (χ1v) is 10.1. The number of hydrogen-bond acceptors (Lipinski definition) is 4. The van der Waals surface area contributed by atoms with Gasteiger partial charge < -0.3 is 10.1 Å². The Labute approximate surface area is 157 Å². The number of carbonyl (C=O) groups excluding carboxylic acids is 1. The molecule has 1 aliphatic rings. The van der Waals surface area contributed by atoms with Gasteiger partial charge in [0.1, 0.15) is 12.4 Å². The van der Waals surface area contributed by atoms with E-state index in [1.165, 1.54) is 12.1 Å². The molecule has 0 unspecified atom stereocenters. The Kier molecular flexibility index (Phi) is 5.50. The van der Waals surface area contributed by atoms with Crippen LogP contribution >= 0.6 is 11.6 Å². The molecule has 1 amide bonds. The van der Waals surface area contributed by atoms with Gasteiger partial charge in [-0.05, 0) is 54.3 Å². The van der Waals surface area contributed by atoms with Crippen molar-refractivity contribution in [1.29, 1.82) is 0 Å². The fraction of sp³-hybridized carbons (Fsp3) is 0.278. The lowest BCUT2D eigenvalue weighted by molar-refractivity contribution is -0.126. The first-order valence-electron chi connectivity index (χ1n) is 8.13. The van der Waals surface area contributed by atoms with Crippen molar-refractivity contribution in [3.63, 3.8) is 0 Å². The van der Waals surface area contributed by atoms with E-state index in [4.69, 9.17) is 21.5 Å². The van der Waals surface area contributed by atoms with Crippen LogP contribution in [-0.4, -0.2) is 27.5 Å². The maximum absolute atomic E-state index is 12.3. The number of nitrogens with one attached hydrogen (secondary N) is 1. The Morgan fingerprint density at radius 2 is 1.96 bits per heavy atom. The van der Waals surface area contributed by atoms with Gasteiger partial charge in [-0.3, -0.25) is 4.79 Å². The second-order valence-electron chi connectivity index (χ2n) is 6.19. The van der Waals surface area contributed by atoms with E-state index < -0.39 is 10.0 Å². The molecule has 0 saturated heterocycles. The molecule has 1 atom stereocenters. The minimum atomic E-state index is -3.69. The average molecular weight is 395 g/mol. The van der Waals surface area contributed by atoms with E-state index in [2.05, 4.69) is 5.32 Å². The Hall–Kier alpha value is -2.09. The first-order chi connectivity index (χ1) is 12.3. The van der Waals surface area contributed by atoms with Crippen LogP contribution in [0.4, 0.5) is 0 Å². The van der Waals surface area contributed by atoms with E-state index >= 15 is 0 Å². The van der Waals surface area contributed by atoms with Crippen molar-refractivity contribution in [3.05, 3.63) is 58.6 Å². The maximum Gasteiger partial charge on any atom is 0.238 e. The quantitative estimate of drug-likeness (QED) is 0.809. The fourth-order valence-corrected chi connectivity index (χ4v) is 3.56. The third-order valence-corrected chi connectivity index (χ3v) is 5.43. The van der Waals surface area contributed by atoms with Gasteiger partial charge in [-0.2, -0.15) is 0 Å². The number of carbonyl (C=O) groups is 1. The summed E-state index contributed by atoms with van der Waals surface area (Å²) >= 11 is 5.99. The van der Waals surface area contributed by atoms with Crippen molar-refractivity contribution in [2.45, 2.75) is 17.7 Å². The van der Waals surface area contributed by atoms with Crippen molar-refractivity contribution in [2.75, 3.05) is 13.2 Å². The molecule has 26 heavy (non-hydrogen) atoms. The Morgan fingerprint density at radius 3 is 2.65 bits per heavy atom. The number of hydrogen-bond donors (Lipinski definition) is 2. The summed E-state index contributed by atoms with van der Waals surface area (Å²) in [5.74, 6) is 0.441. The highest BCUT2D eigenvalue weighted by Gasteiger charge is 2.25. The van der Waals surface area contributed by atoms with Crippen molar-refractivity contribution in [3.8, 4) is 5.75 Å². The molecule has 0 fully saturated rings. The molecule has 2 aromatic rings. The van der Waals surface area contributed by atoms with Crippen LogP contribution < -0.4 is 15.2 Å². The Morgan fingerprint density at radius 1 is 1.23 bits per heavy atom. The van der Waals surface area contributed by atoms with Gasteiger partial charge in [0.15, 0.2) is 0 Å². The van der Waals surface area contributed by atoms with Crippen molar-refractivity contribution >= 4 is 27.5 Å². The monoisotopic (exact) mass is 394 g/mol. The minimum Gasteiger partial charge on any atom is -0.492 e. The van der Waals surface area contributed by atoms with Crippen LogP contribution in [0.1, 0.15) is 11.1 Å². The predicted octanol–water partition coefficient (Wildman–Crippen LogP) is 1.90. The van der Waals surface area contributed by atoms with Crippen molar-refractivity contribution in [1.82, 2.24) is 5.32 Å². The maximum atomic E-state index is 12.3. The topological polar surface area (TPSA) is 98.5 Å². The molecule has 0 saturated carbocycles. The molecule has 8 heteroatoms. The highest BCUT2D eigenvalue weighted by molar-refractivity contribution is 7.89. The zero-order valence-electron chi connectivity index (χ0n) is 13.9. The molecular formula is C18H19ClN2O4S. The van der Waals surface area contributed by atoms with Gasteiger partial charge in [0.2, 0.25) is 15.9 Å². The number of primary sulfonamides is 1. The first kappa shape index (κ1) is 18.7. The van der Waals surface area contributed by atoms with Crippen LogP contribution in [0.15, 0.2) is 47.4 Å². The van der Waals surface area contributed by atoms with E-state index in [0.717, 1.165) is 16.9 Å². The molecule has 6 nitrogen and oxygen atoms in total. The van der Waals surface area contributed by atoms with Gasteiger partial charge >= 0.3 is 0 Å². The van der Waals surface area contributed by atoms with Crippen LogP contribution in [-0.2, 0) is 27.7 Å². The van der Waals surface area contributed by atoms with Gasteiger partial charge in [0, 0.05) is 11.6 Å². The normalized spacial score (nSPS) is 16.5. The van der Waals surface area contributed by atoms with Crippen LogP contribution in [0.2, 0.25) is 5.02 Å². The molecule has 1 heterocycles. The SMILES string of the molecule is NS(=O)(=O)c1ccc(CCNC(=O)[C@H]2COc3ccc(Cl)cc3C2)cc1. The fourth-order valence-electron chi connectivity index (χ4n) is 2.85. The van der Waals surface area contributed by atoms with Gasteiger partial charge in [0.05, 0.1) is 10.8 Å². The predicted molar refractivity (Wildman–Crippen MR) is 98.7 cm³/mol. The Bertz CT molecular complexity index is 913. The summed E-state index contributed by atoms with van der Waals surface area (Å²) in [6.45, 7) is 0.788. The molecule has 0 aromatic heterocycles. The molecule has 2 aromatic carbocycles. The molecule has 3 N–H and O–H groups in total. The standard InChI is InChI=1S/C18H19ClN2O4S/c19-15-3-6-17-13(10-15)9-14(11-25-17)18(22)21-8-7-12-1-4-16(5-2-12)26(20,23)24/h1-6,10,14H,7-9,11H2,(H,21,22)(H2,20,23,24)/t14-/m1/s1. The number of halogens is 1. The summed E-state index contributed by atoms with van der Waals surface area (Å²) in [7, 11) is -3.69. The van der Waals surface area contributed by atoms with Crippen molar-refractivity contribution < 1.29 is 17.9 Å². The highest BCUT2D eigenvalue weighted by atomic mass is 35.5. The Balaban J connectivity index is 1.52. The van der Waals surface area contributed by atoms with E-state index in [1.54, 1.807) is 18.2 Å². The zero-order chi connectivity index (χ0) is 18.7. The summed E-state index contributed by atoms with van der Waals surface area (Å²) in [5.41, 5.74) is 1.84. The lowest BCUT2D eigenvalue weighted by Crippen LogP contribution is -2.38. The average Bonchev–Trinajstić information content (AvgIpc) is 2.60. The van der Waals surface area contributed by atoms with E-state index in [1.807, 2.05) is 12.1 Å². The second kappa shape index (κ2) is 7.65. The van der Waals surface area contributed by atoms with Gasteiger partial charge in [0.25, 0.3) is 0 Å². The number of rotatable bonds is 5. The molecule has 1 aliphatic heterocycles. The van der Waals surface area contributed by atoms with Gasteiger partial charge in [-0.1, -0.05) is 23.7 Å². The lowest BCUT2D eigenvalue weighted by Gasteiger charge is -2.24. The van der Waals surface area contributed by atoms with Crippen LogP contribution in [0.25, 0.3) is 0 Å². The number of fused-ring (bicyclic) bond motifs is 1. The van der Waals surface area contributed by atoms with Gasteiger partial charge in [-0.25, -0.2) is 13.6 Å². The molecule has 0 radical (unpaired) electrons. The van der Waals surface area contributed by atoms with Gasteiger partial charge in [-0.15, -0.1) is 0 Å². The van der Waals surface area contributed by atoms with E-state index in [-0.39, 0.29) is 16.7 Å². The molecule has 0 spiro atoms. The van der Waals surface area contributed by atoms with Crippen LogP contribution in [0, 0.1) is 5.92 Å². The third-order valence-electron chi connectivity index (χ3n) is 4.26. The summed E-state index contributed by atoms with van der Waals surface area (Å²) in [4.78, 5) is 12.4. The third kappa shape index (κ3) is 4.55. The molecule has 0 aliphatic carbocycles. The molecule has 0 bridgehead atoms. The largest absolute Gasteiger partial charge is 0.492 e. The number of ether oxygens (including phenoxy) is 1. The van der Waals surface area contributed by atoms with E-state index in [9.17, 15) is 13.2 Å². The smallest absolute Gasteiger partial charge is 0.238 e. The van der Waals surface area contributed by atoms with Crippen LogP contribution in [0.5, 0.6) is 5.75 Å². The number of benzene rings is 2. The minimum absolute atomic E-state index is 0.0713. The van der Waals surface area contributed by atoms with E-state index in [0.29, 0.717) is 31.0 Å². The molecular weight excluding hydrogens is 376 g/mol. The molecule has 3 rings (SSSR count). The summed E-state index contributed by atoms with van der Waals surface area (Å²) in [6.07, 6.45) is 1.18. The number of sulfonamides is 1. The second-order valence-corrected chi connectivity index (χ2v) is 8.19.